The molecule has 2 atom stereocenters. The number of rotatable bonds is 7. The Kier molecular flexibility index (Phi) is 8.20. The lowest BCUT2D eigenvalue weighted by Crippen LogP contribution is -2.47. The number of nitrogens with zero attached hydrogens (tertiary/aromatic N) is 3. The average Bonchev–Trinajstić information content (AvgIpc) is 3.43. The summed E-state index contributed by atoms with van der Waals surface area (Å²) < 4.78 is 6.57. The van der Waals surface area contributed by atoms with Gasteiger partial charge in [-0.15, -0.1) is 23.1 Å². The van der Waals surface area contributed by atoms with Crippen molar-refractivity contribution >= 4 is 29.0 Å². The van der Waals surface area contributed by atoms with Gasteiger partial charge in [0, 0.05) is 41.0 Å². The maximum atomic E-state index is 13.1. The van der Waals surface area contributed by atoms with Crippen LogP contribution in [0.4, 0.5) is 0 Å². The lowest BCUT2D eigenvalue weighted by atomic mass is 9.82. The summed E-state index contributed by atoms with van der Waals surface area (Å²) in [5, 5.41) is 12.2. The highest BCUT2D eigenvalue weighted by atomic mass is 32.2. The number of thioether (sulfide) groups is 1. The summed E-state index contributed by atoms with van der Waals surface area (Å²) >= 11 is 3.36. The molecule has 2 unspecified atom stereocenters. The molecule has 5 rings (SSSR count). The lowest BCUT2D eigenvalue weighted by Gasteiger charge is -2.46. The van der Waals surface area contributed by atoms with E-state index in [9.17, 15) is 4.79 Å². The summed E-state index contributed by atoms with van der Waals surface area (Å²) in [5.74, 6) is 1.24. The number of nitriles is 1. The zero-order valence-electron chi connectivity index (χ0n) is 22.2. The fraction of sp³-hybridized carbons (Fsp3) is 0.433. The van der Waals surface area contributed by atoms with Crippen molar-refractivity contribution in [2.24, 2.45) is 0 Å². The second-order valence-corrected chi connectivity index (χ2v) is 12.5. The molecule has 1 amide bonds. The third kappa shape index (κ3) is 5.52. The van der Waals surface area contributed by atoms with E-state index in [1.54, 1.807) is 23.1 Å². The second-order valence-electron chi connectivity index (χ2n) is 10.1. The van der Waals surface area contributed by atoms with Crippen molar-refractivity contribution in [2.45, 2.75) is 62.6 Å². The highest BCUT2D eigenvalue weighted by molar-refractivity contribution is 7.99. The number of carbonyl (C=O) groups is 1. The van der Waals surface area contributed by atoms with Crippen LogP contribution in [0, 0.1) is 11.3 Å². The predicted octanol–water partition coefficient (Wildman–Crippen LogP) is 6.24. The van der Waals surface area contributed by atoms with Crippen molar-refractivity contribution in [1.29, 1.82) is 5.26 Å². The van der Waals surface area contributed by atoms with Crippen molar-refractivity contribution in [1.82, 2.24) is 15.2 Å². The molecular formula is C30H34N4O2S2. The Bertz CT molecular complexity index is 1310. The molecule has 2 aromatic heterocycles. The first-order valence-corrected chi connectivity index (χ1v) is 15.1. The van der Waals surface area contributed by atoms with Gasteiger partial charge < -0.3 is 10.1 Å². The van der Waals surface area contributed by atoms with Gasteiger partial charge in [0.05, 0.1) is 35.4 Å². The molecule has 1 aromatic carbocycles. The molecule has 1 saturated heterocycles. The van der Waals surface area contributed by atoms with Crippen LogP contribution in [0.5, 0.6) is 0 Å². The number of likely N-dealkylation sites (tertiary alicyclic amines) is 1. The number of piperidine rings is 1. The van der Waals surface area contributed by atoms with E-state index in [2.05, 4.69) is 66.3 Å². The Morgan fingerprint density at radius 3 is 2.71 bits per heavy atom. The number of benzene rings is 1. The van der Waals surface area contributed by atoms with Gasteiger partial charge in [0.2, 0.25) is 0 Å². The molecule has 1 fully saturated rings. The smallest absolute Gasteiger partial charge is 0.261 e. The van der Waals surface area contributed by atoms with Gasteiger partial charge >= 0.3 is 0 Å². The largest absolute Gasteiger partial charge is 0.369 e. The average molecular weight is 547 g/mol. The first-order chi connectivity index (χ1) is 18.4. The number of ether oxygens (including phenoxy) is 1. The van der Waals surface area contributed by atoms with Gasteiger partial charge in [-0.25, -0.2) is 0 Å². The van der Waals surface area contributed by atoms with Crippen LogP contribution in [0.3, 0.4) is 0 Å². The Hall–Kier alpha value is -2.70. The molecule has 4 heterocycles. The number of pyridine rings is 1. The van der Waals surface area contributed by atoms with Crippen molar-refractivity contribution in [3.63, 3.8) is 0 Å². The van der Waals surface area contributed by atoms with E-state index in [0.717, 1.165) is 47.2 Å². The molecule has 8 heteroatoms. The molecule has 1 spiro atoms. The molecule has 1 N–H and O–H groups in total. The first kappa shape index (κ1) is 26.9. The van der Waals surface area contributed by atoms with Gasteiger partial charge in [-0.05, 0) is 67.0 Å². The SMILES string of the molecule is CCSc1ccc(CNC(=O)c2cc3c(s2)C2(CCN(C(C)c4ccc(C#N)cc4)CC2)OCC3C)nc1. The summed E-state index contributed by atoms with van der Waals surface area (Å²) in [6, 6.07) is 16.5. The van der Waals surface area contributed by atoms with E-state index in [4.69, 9.17) is 10.00 Å². The minimum absolute atomic E-state index is 0.0487. The van der Waals surface area contributed by atoms with E-state index < -0.39 is 0 Å². The minimum atomic E-state index is -0.319. The predicted molar refractivity (Wildman–Crippen MR) is 153 cm³/mol. The summed E-state index contributed by atoms with van der Waals surface area (Å²) in [4.78, 5) is 23.2. The molecule has 0 saturated carbocycles. The van der Waals surface area contributed by atoms with Gasteiger partial charge in [-0.2, -0.15) is 5.26 Å². The maximum Gasteiger partial charge on any atom is 0.261 e. The number of fused-ring (bicyclic) bond motifs is 2. The van der Waals surface area contributed by atoms with Crippen LogP contribution >= 0.6 is 23.1 Å². The first-order valence-electron chi connectivity index (χ1n) is 13.3. The van der Waals surface area contributed by atoms with E-state index in [-0.39, 0.29) is 23.5 Å². The van der Waals surface area contributed by atoms with Gasteiger partial charge in [0.1, 0.15) is 5.60 Å². The highest BCUT2D eigenvalue weighted by Crippen LogP contribution is 2.49. The van der Waals surface area contributed by atoms with Crippen molar-refractivity contribution in [2.75, 3.05) is 25.4 Å². The van der Waals surface area contributed by atoms with Crippen LogP contribution in [0.15, 0.2) is 53.6 Å². The van der Waals surface area contributed by atoms with Crippen molar-refractivity contribution < 1.29 is 9.53 Å². The number of amides is 1. The van der Waals surface area contributed by atoms with Crippen molar-refractivity contribution in [3.8, 4) is 6.07 Å². The Morgan fingerprint density at radius 2 is 2.05 bits per heavy atom. The molecule has 3 aromatic rings. The number of hydrogen-bond donors (Lipinski definition) is 1. The third-order valence-electron chi connectivity index (χ3n) is 7.75. The molecule has 0 radical (unpaired) electrons. The molecule has 2 aliphatic rings. The molecule has 6 nitrogen and oxygen atoms in total. The third-order valence-corrected chi connectivity index (χ3v) is 9.95. The van der Waals surface area contributed by atoms with Crippen LogP contribution in [0.2, 0.25) is 0 Å². The summed E-state index contributed by atoms with van der Waals surface area (Å²) in [6.45, 7) is 9.48. The summed E-state index contributed by atoms with van der Waals surface area (Å²) in [7, 11) is 0. The summed E-state index contributed by atoms with van der Waals surface area (Å²) in [5.41, 5.74) is 3.71. The number of hydrogen-bond acceptors (Lipinski definition) is 7. The minimum Gasteiger partial charge on any atom is -0.369 e. The van der Waals surface area contributed by atoms with Gasteiger partial charge in [-0.3, -0.25) is 14.7 Å². The summed E-state index contributed by atoms with van der Waals surface area (Å²) in [6.07, 6.45) is 3.68. The molecular weight excluding hydrogens is 512 g/mol. The molecule has 0 bridgehead atoms. The van der Waals surface area contributed by atoms with Gasteiger partial charge in [0.15, 0.2) is 0 Å². The Labute approximate surface area is 233 Å². The van der Waals surface area contributed by atoms with E-state index >= 15 is 0 Å². The van der Waals surface area contributed by atoms with Gasteiger partial charge in [0.25, 0.3) is 5.91 Å². The van der Waals surface area contributed by atoms with Crippen LogP contribution in [-0.4, -0.2) is 41.2 Å². The Balaban J connectivity index is 1.26. The fourth-order valence-electron chi connectivity index (χ4n) is 5.40. The zero-order valence-corrected chi connectivity index (χ0v) is 23.8. The second kappa shape index (κ2) is 11.6. The lowest BCUT2D eigenvalue weighted by molar-refractivity contribution is -0.105. The maximum absolute atomic E-state index is 13.1. The molecule has 0 aliphatic carbocycles. The fourth-order valence-corrected chi connectivity index (χ4v) is 7.42. The van der Waals surface area contributed by atoms with Crippen LogP contribution in [0.1, 0.15) is 82.5 Å². The van der Waals surface area contributed by atoms with Crippen LogP contribution in [-0.2, 0) is 16.9 Å². The van der Waals surface area contributed by atoms with Crippen LogP contribution in [0.25, 0.3) is 0 Å². The monoisotopic (exact) mass is 546 g/mol. The highest BCUT2D eigenvalue weighted by Gasteiger charge is 2.45. The standard InChI is InChI=1S/C30H34N4O2S2/c1-4-37-25-10-9-24(32-18-25)17-33-29(35)27-15-26-20(2)19-36-30(28(26)38-27)11-13-34(14-12-30)21(3)23-7-5-22(16-31)6-8-23/h5-10,15,18,20-21H,4,11-14,17,19H2,1-3H3,(H,33,35). The number of aromatic nitrogens is 1. The molecule has 2 aliphatic heterocycles. The molecule has 198 valence electrons. The van der Waals surface area contributed by atoms with Gasteiger partial charge in [-0.1, -0.05) is 26.0 Å². The quantitative estimate of drug-likeness (QED) is 0.353. The topological polar surface area (TPSA) is 78.2 Å². The number of thiophene rings is 1. The van der Waals surface area contributed by atoms with Crippen LogP contribution < -0.4 is 5.32 Å². The number of carbonyl (C=O) groups excluding carboxylic acids is 1. The normalized spacial score (nSPS) is 19.5. The number of nitrogens with one attached hydrogen (secondary N) is 1. The van der Waals surface area contributed by atoms with Crippen molar-refractivity contribution in [3.05, 3.63) is 80.8 Å². The zero-order chi connectivity index (χ0) is 26.7. The van der Waals surface area contributed by atoms with E-state index in [0.29, 0.717) is 18.7 Å². The molecule has 38 heavy (non-hydrogen) atoms. The van der Waals surface area contributed by atoms with E-state index in [1.165, 1.54) is 16.0 Å². The van der Waals surface area contributed by atoms with E-state index in [1.807, 2.05) is 24.4 Å². The Morgan fingerprint density at radius 1 is 1.29 bits per heavy atom.